The number of carbonyl (C=O) groups is 1. The maximum absolute atomic E-state index is 12.6. The summed E-state index contributed by atoms with van der Waals surface area (Å²) in [7, 11) is 0. The molecule has 0 aromatic heterocycles. The van der Waals surface area contributed by atoms with Crippen LogP contribution >= 0.6 is 27.5 Å². The molecule has 1 heterocycles. The summed E-state index contributed by atoms with van der Waals surface area (Å²) >= 11 is 9.31. The topological polar surface area (TPSA) is 29.5 Å². The van der Waals surface area contributed by atoms with E-state index in [1.54, 1.807) is 18.2 Å². The molecule has 3 nitrogen and oxygen atoms in total. The lowest BCUT2D eigenvalue weighted by atomic mass is 10.1. The van der Waals surface area contributed by atoms with Gasteiger partial charge in [0, 0.05) is 16.6 Å². The zero-order valence-electron chi connectivity index (χ0n) is 11.0. The first-order valence-corrected chi connectivity index (χ1v) is 7.57. The standard InChI is InChI=1S/C14H17BrClNO2/c1-3-11-8-19-9(2)7-17(11)14(18)10-4-5-13(16)12(15)6-10/h4-6,9,11H,3,7-8H2,1-2H3. The summed E-state index contributed by atoms with van der Waals surface area (Å²) in [5, 5.41) is 0.610. The maximum Gasteiger partial charge on any atom is 0.254 e. The minimum absolute atomic E-state index is 0.0411. The van der Waals surface area contributed by atoms with Gasteiger partial charge in [-0.2, -0.15) is 0 Å². The minimum Gasteiger partial charge on any atom is -0.375 e. The van der Waals surface area contributed by atoms with Crippen molar-refractivity contribution < 1.29 is 9.53 Å². The second-order valence-corrected chi connectivity index (χ2v) is 6.05. The van der Waals surface area contributed by atoms with Crippen LogP contribution in [0.15, 0.2) is 22.7 Å². The lowest BCUT2D eigenvalue weighted by Crippen LogP contribution is -2.51. The second kappa shape index (κ2) is 6.25. The summed E-state index contributed by atoms with van der Waals surface area (Å²) in [5.74, 6) is 0.0411. The predicted octanol–water partition coefficient (Wildman–Crippen LogP) is 3.74. The van der Waals surface area contributed by atoms with Crippen LogP contribution in [-0.4, -0.2) is 36.1 Å². The Balaban J connectivity index is 2.23. The Kier molecular flexibility index (Phi) is 4.87. The third-order valence-electron chi connectivity index (χ3n) is 3.37. The van der Waals surface area contributed by atoms with E-state index >= 15 is 0 Å². The number of rotatable bonds is 2. The molecule has 1 aromatic carbocycles. The van der Waals surface area contributed by atoms with Gasteiger partial charge in [0.1, 0.15) is 0 Å². The van der Waals surface area contributed by atoms with Gasteiger partial charge < -0.3 is 9.64 Å². The number of amides is 1. The quantitative estimate of drug-likeness (QED) is 0.816. The molecule has 0 saturated carbocycles. The van der Waals surface area contributed by atoms with Crippen molar-refractivity contribution in [1.82, 2.24) is 4.90 Å². The van der Waals surface area contributed by atoms with Crippen molar-refractivity contribution >= 4 is 33.4 Å². The Labute approximate surface area is 127 Å². The number of benzene rings is 1. The molecule has 0 spiro atoms. The molecular formula is C14H17BrClNO2. The van der Waals surface area contributed by atoms with Crippen molar-refractivity contribution in [3.8, 4) is 0 Å². The predicted molar refractivity (Wildman–Crippen MR) is 79.7 cm³/mol. The van der Waals surface area contributed by atoms with Crippen LogP contribution in [0.5, 0.6) is 0 Å². The number of halogens is 2. The molecule has 19 heavy (non-hydrogen) atoms. The van der Waals surface area contributed by atoms with E-state index in [4.69, 9.17) is 16.3 Å². The van der Waals surface area contributed by atoms with Gasteiger partial charge in [-0.15, -0.1) is 0 Å². The third kappa shape index (κ3) is 3.30. The molecule has 0 aliphatic carbocycles. The maximum atomic E-state index is 12.6. The second-order valence-electron chi connectivity index (χ2n) is 4.79. The van der Waals surface area contributed by atoms with E-state index in [2.05, 4.69) is 22.9 Å². The molecule has 1 aromatic rings. The van der Waals surface area contributed by atoms with Crippen LogP contribution in [0.3, 0.4) is 0 Å². The fraction of sp³-hybridized carbons (Fsp3) is 0.500. The summed E-state index contributed by atoms with van der Waals surface area (Å²) in [6.45, 7) is 5.31. The Bertz CT molecular complexity index is 481. The van der Waals surface area contributed by atoms with E-state index in [1.165, 1.54) is 0 Å². The number of carbonyl (C=O) groups excluding carboxylic acids is 1. The van der Waals surface area contributed by atoms with Crippen LogP contribution in [-0.2, 0) is 4.74 Å². The average molecular weight is 347 g/mol. The molecule has 104 valence electrons. The van der Waals surface area contributed by atoms with E-state index < -0.39 is 0 Å². The largest absolute Gasteiger partial charge is 0.375 e. The summed E-state index contributed by atoms with van der Waals surface area (Å²) < 4.78 is 6.36. The molecule has 1 aliphatic rings. The molecule has 1 aliphatic heterocycles. The van der Waals surface area contributed by atoms with E-state index in [9.17, 15) is 4.79 Å². The van der Waals surface area contributed by atoms with E-state index in [0.717, 1.165) is 10.9 Å². The molecule has 1 amide bonds. The lowest BCUT2D eigenvalue weighted by molar-refractivity contribution is -0.0444. The molecule has 2 rings (SSSR count). The molecular weight excluding hydrogens is 330 g/mol. The Hall–Kier alpha value is -0.580. The molecule has 5 heteroatoms. The average Bonchev–Trinajstić information content (AvgIpc) is 2.41. The first-order valence-electron chi connectivity index (χ1n) is 6.40. The van der Waals surface area contributed by atoms with Gasteiger partial charge in [0.15, 0.2) is 0 Å². The SMILES string of the molecule is CCC1COC(C)CN1C(=O)c1ccc(Cl)c(Br)c1. The number of morpholine rings is 1. The van der Waals surface area contributed by atoms with Crippen molar-refractivity contribution in [2.45, 2.75) is 32.4 Å². The highest BCUT2D eigenvalue weighted by atomic mass is 79.9. The Morgan fingerprint density at radius 3 is 2.95 bits per heavy atom. The molecule has 1 fully saturated rings. The minimum atomic E-state index is 0.0411. The zero-order valence-corrected chi connectivity index (χ0v) is 13.4. The Morgan fingerprint density at radius 2 is 2.32 bits per heavy atom. The summed E-state index contributed by atoms with van der Waals surface area (Å²) in [4.78, 5) is 14.5. The summed E-state index contributed by atoms with van der Waals surface area (Å²) in [6, 6.07) is 5.43. The van der Waals surface area contributed by atoms with Crippen molar-refractivity contribution in [3.63, 3.8) is 0 Å². The number of nitrogens with zero attached hydrogens (tertiary/aromatic N) is 1. The van der Waals surface area contributed by atoms with Gasteiger partial charge in [-0.1, -0.05) is 18.5 Å². The molecule has 2 unspecified atom stereocenters. The van der Waals surface area contributed by atoms with Gasteiger partial charge in [0.05, 0.1) is 23.8 Å². The van der Waals surface area contributed by atoms with Gasteiger partial charge in [0.2, 0.25) is 0 Å². The van der Waals surface area contributed by atoms with E-state index in [-0.39, 0.29) is 18.1 Å². The van der Waals surface area contributed by atoms with Crippen LogP contribution in [0.4, 0.5) is 0 Å². The fourth-order valence-electron chi connectivity index (χ4n) is 2.23. The van der Waals surface area contributed by atoms with Crippen LogP contribution in [0.25, 0.3) is 0 Å². The van der Waals surface area contributed by atoms with Gasteiger partial charge in [0.25, 0.3) is 5.91 Å². The molecule has 0 N–H and O–H groups in total. The Morgan fingerprint density at radius 1 is 1.58 bits per heavy atom. The highest BCUT2D eigenvalue weighted by molar-refractivity contribution is 9.10. The monoisotopic (exact) mass is 345 g/mol. The zero-order chi connectivity index (χ0) is 14.0. The highest BCUT2D eigenvalue weighted by Gasteiger charge is 2.30. The van der Waals surface area contributed by atoms with Crippen molar-refractivity contribution in [2.24, 2.45) is 0 Å². The first kappa shape index (κ1) is 14.8. The molecule has 0 radical (unpaired) electrons. The van der Waals surface area contributed by atoms with Crippen LogP contribution < -0.4 is 0 Å². The van der Waals surface area contributed by atoms with Gasteiger partial charge in [-0.05, 0) is 47.5 Å². The number of hydrogen-bond donors (Lipinski definition) is 0. The lowest BCUT2D eigenvalue weighted by Gasteiger charge is -2.38. The summed E-state index contributed by atoms with van der Waals surface area (Å²) in [5.41, 5.74) is 0.656. The van der Waals surface area contributed by atoms with E-state index in [1.807, 2.05) is 11.8 Å². The van der Waals surface area contributed by atoms with Crippen LogP contribution in [0.2, 0.25) is 5.02 Å². The van der Waals surface area contributed by atoms with Crippen LogP contribution in [0, 0.1) is 0 Å². The van der Waals surface area contributed by atoms with Gasteiger partial charge in [-0.25, -0.2) is 0 Å². The van der Waals surface area contributed by atoms with Crippen molar-refractivity contribution in [2.75, 3.05) is 13.2 Å². The summed E-state index contributed by atoms with van der Waals surface area (Å²) in [6.07, 6.45) is 0.982. The van der Waals surface area contributed by atoms with Gasteiger partial charge in [-0.3, -0.25) is 4.79 Å². The van der Waals surface area contributed by atoms with Crippen molar-refractivity contribution in [3.05, 3.63) is 33.3 Å². The van der Waals surface area contributed by atoms with Crippen molar-refractivity contribution in [1.29, 1.82) is 0 Å². The number of hydrogen-bond acceptors (Lipinski definition) is 2. The van der Waals surface area contributed by atoms with Crippen LogP contribution in [0.1, 0.15) is 30.6 Å². The van der Waals surface area contributed by atoms with E-state index in [0.29, 0.717) is 23.7 Å². The molecule has 0 bridgehead atoms. The fourth-order valence-corrected chi connectivity index (χ4v) is 2.72. The number of ether oxygens (including phenoxy) is 1. The highest BCUT2D eigenvalue weighted by Crippen LogP contribution is 2.25. The molecule has 1 saturated heterocycles. The third-order valence-corrected chi connectivity index (χ3v) is 4.58. The first-order chi connectivity index (χ1) is 9.02. The smallest absolute Gasteiger partial charge is 0.254 e. The normalized spacial score (nSPS) is 23.5. The molecule has 2 atom stereocenters. The van der Waals surface area contributed by atoms with Gasteiger partial charge >= 0.3 is 0 Å².